The predicted octanol–water partition coefficient (Wildman–Crippen LogP) is 3.63. The molecule has 1 aliphatic carbocycles. The number of aryl methyl sites for hydroxylation is 2. The average Bonchev–Trinajstić information content (AvgIpc) is 2.49. The molecule has 21 heavy (non-hydrogen) atoms. The molecule has 1 atom stereocenters. The molecule has 0 saturated heterocycles. The largest absolute Gasteiger partial charge is 0.251 e. The lowest BCUT2D eigenvalue weighted by Crippen LogP contribution is -2.12. The molecule has 3 rings (SSSR count). The van der Waals surface area contributed by atoms with Gasteiger partial charge in [-0.15, -0.1) is 0 Å². The van der Waals surface area contributed by atoms with Gasteiger partial charge in [0.1, 0.15) is 5.15 Å². The maximum Gasteiger partial charge on any atom is 0.220 e. The highest BCUT2D eigenvalue weighted by molar-refractivity contribution is 7.84. The molecule has 0 N–H and O–H groups in total. The SMILES string of the molecule is Cc1ccc(C[S@@](=O)c2nc(Cl)c3c(n2)CCCC3)cc1. The fraction of sp³-hybridized carbons (Fsp3) is 0.375. The molecule has 0 fully saturated rings. The Labute approximate surface area is 132 Å². The minimum atomic E-state index is -1.26. The predicted molar refractivity (Wildman–Crippen MR) is 85.0 cm³/mol. The van der Waals surface area contributed by atoms with E-state index in [1.165, 1.54) is 5.56 Å². The number of aromatic nitrogens is 2. The molecule has 0 amide bonds. The minimum Gasteiger partial charge on any atom is -0.251 e. The summed E-state index contributed by atoms with van der Waals surface area (Å²) in [6.45, 7) is 2.03. The van der Waals surface area contributed by atoms with Gasteiger partial charge < -0.3 is 0 Å². The molecule has 110 valence electrons. The summed E-state index contributed by atoms with van der Waals surface area (Å²) >= 11 is 6.23. The van der Waals surface area contributed by atoms with Gasteiger partial charge in [0.25, 0.3) is 0 Å². The lowest BCUT2D eigenvalue weighted by molar-refractivity contribution is 0.639. The Morgan fingerprint density at radius 3 is 2.62 bits per heavy atom. The maximum atomic E-state index is 12.5. The van der Waals surface area contributed by atoms with Crippen LogP contribution in [-0.4, -0.2) is 14.2 Å². The van der Waals surface area contributed by atoms with Gasteiger partial charge in [-0.25, -0.2) is 9.97 Å². The molecule has 3 nitrogen and oxygen atoms in total. The monoisotopic (exact) mass is 320 g/mol. The Morgan fingerprint density at radius 2 is 1.86 bits per heavy atom. The normalized spacial score (nSPS) is 15.5. The lowest BCUT2D eigenvalue weighted by atomic mass is 9.98. The average molecular weight is 321 g/mol. The Bertz CT molecular complexity index is 685. The van der Waals surface area contributed by atoms with Crippen molar-refractivity contribution in [1.82, 2.24) is 9.97 Å². The number of fused-ring (bicyclic) bond motifs is 1. The van der Waals surface area contributed by atoms with Crippen molar-refractivity contribution in [2.75, 3.05) is 0 Å². The van der Waals surface area contributed by atoms with Crippen LogP contribution in [0.5, 0.6) is 0 Å². The van der Waals surface area contributed by atoms with E-state index in [1.54, 1.807) is 0 Å². The Hall–Kier alpha value is -1.26. The van der Waals surface area contributed by atoms with E-state index in [9.17, 15) is 4.21 Å². The highest BCUT2D eigenvalue weighted by Crippen LogP contribution is 2.26. The molecule has 0 radical (unpaired) electrons. The number of hydrogen-bond acceptors (Lipinski definition) is 3. The van der Waals surface area contributed by atoms with Crippen LogP contribution < -0.4 is 0 Å². The van der Waals surface area contributed by atoms with Gasteiger partial charge in [0.15, 0.2) is 0 Å². The van der Waals surface area contributed by atoms with Gasteiger partial charge in [-0.05, 0) is 38.2 Å². The van der Waals surface area contributed by atoms with E-state index < -0.39 is 10.8 Å². The van der Waals surface area contributed by atoms with Crippen molar-refractivity contribution in [1.29, 1.82) is 0 Å². The maximum absolute atomic E-state index is 12.5. The molecular weight excluding hydrogens is 304 g/mol. The van der Waals surface area contributed by atoms with E-state index in [2.05, 4.69) is 9.97 Å². The molecule has 0 saturated carbocycles. The molecule has 0 aliphatic heterocycles. The first-order valence-electron chi connectivity index (χ1n) is 7.12. The Balaban J connectivity index is 1.84. The molecule has 1 heterocycles. The van der Waals surface area contributed by atoms with Crippen molar-refractivity contribution in [2.24, 2.45) is 0 Å². The summed E-state index contributed by atoms with van der Waals surface area (Å²) in [5.41, 5.74) is 4.24. The van der Waals surface area contributed by atoms with Crippen molar-refractivity contribution in [3.63, 3.8) is 0 Å². The Kier molecular flexibility index (Phi) is 4.36. The highest BCUT2D eigenvalue weighted by atomic mass is 35.5. The van der Waals surface area contributed by atoms with Gasteiger partial charge in [-0.1, -0.05) is 41.4 Å². The van der Waals surface area contributed by atoms with Crippen LogP contribution in [0.15, 0.2) is 29.4 Å². The van der Waals surface area contributed by atoms with Gasteiger partial charge in [-0.2, -0.15) is 0 Å². The van der Waals surface area contributed by atoms with Crippen LogP contribution in [-0.2, 0) is 29.4 Å². The number of nitrogens with zero attached hydrogens (tertiary/aromatic N) is 2. The van der Waals surface area contributed by atoms with Gasteiger partial charge in [0.05, 0.1) is 16.6 Å². The molecule has 1 aromatic heterocycles. The fourth-order valence-corrected chi connectivity index (χ4v) is 3.89. The number of benzene rings is 1. The van der Waals surface area contributed by atoms with E-state index >= 15 is 0 Å². The summed E-state index contributed by atoms with van der Waals surface area (Å²) in [5, 5.41) is 0.841. The molecule has 1 aliphatic rings. The van der Waals surface area contributed by atoms with E-state index in [1.807, 2.05) is 31.2 Å². The number of halogens is 1. The molecule has 1 aromatic carbocycles. The van der Waals surface area contributed by atoms with E-state index in [-0.39, 0.29) is 0 Å². The lowest BCUT2D eigenvalue weighted by Gasteiger charge is -2.16. The fourth-order valence-electron chi connectivity index (χ4n) is 2.53. The van der Waals surface area contributed by atoms with Crippen molar-refractivity contribution in [3.8, 4) is 0 Å². The topological polar surface area (TPSA) is 42.9 Å². The third-order valence-corrected chi connectivity index (χ3v) is 5.23. The minimum absolute atomic E-state index is 0.362. The number of hydrogen-bond donors (Lipinski definition) is 0. The van der Waals surface area contributed by atoms with Crippen LogP contribution in [0.25, 0.3) is 0 Å². The van der Waals surface area contributed by atoms with Crippen LogP contribution in [0.1, 0.15) is 35.2 Å². The first kappa shape index (κ1) is 14.7. The second-order valence-electron chi connectivity index (χ2n) is 5.40. The van der Waals surface area contributed by atoms with E-state index in [0.717, 1.165) is 42.5 Å². The number of rotatable bonds is 3. The van der Waals surface area contributed by atoms with Crippen LogP contribution in [0, 0.1) is 6.92 Å². The molecular formula is C16H17ClN2OS. The van der Waals surface area contributed by atoms with Crippen LogP contribution in [0.4, 0.5) is 0 Å². The summed E-state index contributed by atoms with van der Waals surface area (Å²) in [5.74, 6) is 0.426. The third kappa shape index (κ3) is 3.33. The zero-order valence-corrected chi connectivity index (χ0v) is 13.5. The quantitative estimate of drug-likeness (QED) is 0.640. The molecule has 2 aromatic rings. The van der Waals surface area contributed by atoms with Gasteiger partial charge in [-0.3, -0.25) is 4.21 Å². The highest BCUT2D eigenvalue weighted by Gasteiger charge is 2.19. The van der Waals surface area contributed by atoms with Gasteiger partial charge in [0.2, 0.25) is 5.16 Å². The van der Waals surface area contributed by atoms with Crippen molar-refractivity contribution in [3.05, 3.63) is 51.8 Å². The van der Waals surface area contributed by atoms with Crippen molar-refractivity contribution in [2.45, 2.75) is 43.5 Å². The molecule has 5 heteroatoms. The summed E-state index contributed by atoms with van der Waals surface area (Å²) in [6.07, 6.45) is 4.08. The van der Waals surface area contributed by atoms with Crippen LogP contribution >= 0.6 is 11.6 Å². The zero-order valence-electron chi connectivity index (χ0n) is 11.9. The standard InChI is InChI=1S/C16H17ClN2OS/c1-11-6-8-12(9-7-11)10-21(20)16-18-14-5-3-2-4-13(14)15(17)19-16/h6-9H,2-5,10H2,1H3/t21-/m1/s1. The summed E-state index contributed by atoms with van der Waals surface area (Å²) < 4.78 is 12.5. The molecule has 0 bridgehead atoms. The van der Waals surface area contributed by atoms with E-state index in [4.69, 9.17) is 11.6 Å². The molecule has 0 spiro atoms. The Morgan fingerprint density at radius 1 is 1.14 bits per heavy atom. The summed E-state index contributed by atoms with van der Waals surface area (Å²) in [7, 11) is -1.26. The van der Waals surface area contributed by atoms with Gasteiger partial charge in [0, 0.05) is 11.3 Å². The zero-order chi connectivity index (χ0) is 14.8. The smallest absolute Gasteiger partial charge is 0.220 e. The third-order valence-electron chi connectivity index (χ3n) is 3.73. The second-order valence-corrected chi connectivity index (χ2v) is 7.11. The first-order valence-corrected chi connectivity index (χ1v) is 8.82. The van der Waals surface area contributed by atoms with Crippen molar-refractivity contribution >= 4 is 22.4 Å². The first-order chi connectivity index (χ1) is 10.1. The van der Waals surface area contributed by atoms with Crippen molar-refractivity contribution < 1.29 is 4.21 Å². The summed E-state index contributed by atoms with van der Waals surface area (Å²) in [4.78, 5) is 8.75. The second kappa shape index (κ2) is 6.24. The van der Waals surface area contributed by atoms with Crippen LogP contribution in [0.3, 0.4) is 0 Å². The van der Waals surface area contributed by atoms with Gasteiger partial charge >= 0.3 is 0 Å². The molecule has 0 unspecified atom stereocenters. The van der Waals surface area contributed by atoms with E-state index in [0.29, 0.717) is 16.1 Å². The summed E-state index contributed by atoms with van der Waals surface area (Å²) in [6, 6.07) is 8.03. The van der Waals surface area contributed by atoms with Crippen LogP contribution in [0.2, 0.25) is 5.15 Å².